The quantitative estimate of drug-likeness (QED) is 0.677. The first kappa shape index (κ1) is 12.4. The van der Waals surface area contributed by atoms with E-state index >= 15 is 0 Å². The summed E-state index contributed by atoms with van der Waals surface area (Å²) < 4.78 is 2.99. The van der Waals surface area contributed by atoms with Crippen molar-refractivity contribution < 1.29 is 0 Å². The average molecular weight is 316 g/mol. The van der Waals surface area contributed by atoms with Crippen LogP contribution >= 0.6 is 15.9 Å². The molecule has 0 unspecified atom stereocenters. The van der Waals surface area contributed by atoms with Gasteiger partial charge in [-0.05, 0) is 44.5 Å². The molecule has 4 heteroatoms. The van der Waals surface area contributed by atoms with Gasteiger partial charge in [0.2, 0.25) is 0 Å². The second-order valence-electron chi connectivity index (χ2n) is 4.74. The largest absolute Gasteiger partial charge is 0.233 e. The Hall–Kier alpha value is -1.68. The van der Waals surface area contributed by atoms with Crippen molar-refractivity contribution in [2.24, 2.45) is 0 Å². The summed E-state index contributed by atoms with van der Waals surface area (Å²) in [5, 5.41) is 4.60. The highest BCUT2D eigenvalue weighted by Crippen LogP contribution is 2.28. The normalized spacial score (nSPS) is 11.2. The molecule has 0 N–H and O–H groups in total. The number of aryl methyl sites for hydroxylation is 3. The minimum absolute atomic E-state index is 0.928. The molecule has 0 saturated carbocycles. The minimum atomic E-state index is 0.928. The lowest BCUT2D eigenvalue weighted by atomic mass is 10.1. The zero-order valence-electron chi connectivity index (χ0n) is 11.1. The van der Waals surface area contributed by atoms with Crippen LogP contribution in [0.5, 0.6) is 0 Å². The molecule has 2 aromatic heterocycles. The van der Waals surface area contributed by atoms with E-state index in [1.807, 2.05) is 36.6 Å². The summed E-state index contributed by atoms with van der Waals surface area (Å²) in [4.78, 5) is 4.64. The summed E-state index contributed by atoms with van der Waals surface area (Å²) in [6.07, 6.45) is 0. The fourth-order valence-electron chi connectivity index (χ4n) is 2.38. The van der Waals surface area contributed by atoms with Crippen LogP contribution in [0, 0.1) is 20.8 Å². The van der Waals surface area contributed by atoms with E-state index in [0.717, 1.165) is 38.3 Å². The van der Waals surface area contributed by atoms with E-state index < -0.39 is 0 Å². The Morgan fingerprint density at radius 1 is 1.05 bits per heavy atom. The number of benzene rings is 1. The molecule has 1 aromatic carbocycles. The second kappa shape index (κ2) is 4.46. The Labute approximate surface area is 120 Å². The number of nitrogens with zero attached hydrogens (tertiary/aromatic N) is 3. The SMILES string of the molecule is Cc1cc(C)n2nc(C)c(-c3ccc(Br)cc3)c2n1. The van der Waals surface area contributed by atoms with Gasteiger partial charge in [-0.25, -0.2) is 9.50 Å². The zero-order chi connectivity index (χ0) is 13.6. The molecule has 3 aromatic rings. The van der Waals surface area contributed by atoms with Crippen molar-refractivity contribution in [2.75, 3.05) is 0 Å². The topological polar surface area (TPSA) is 30.2 Å². The van der Waals surface area contributed by atoms with Gasteiger partial charge in [-0.3, -0.25) is 0 Å². The van der Waals surface area contributed by atoms with Crippen molar-refractivity contribution in [3.8, 4) is 11.1 Å². The first-order valence-electron chi connectivity index (χ1n) is 6.16. The molecule has 0 saturated heterocycles. The third-order valence-electron chi connectivity index (χ3n) is 3.20. The molecule has 19 heavy (non-hydrogen) atoms. The molecule has 2 heterocycles. The molecule has 0 fully saturated rings. The molecule has 0 amide bonds. The third-order valence-corrected chi connectivity index (χ3v) is 3.73. The van der Waals surface area contributed by atoms with Crippen LogP contribution in [0.1, 0.15) is 17.1 Å². The first-order chi connectivity index (χ1) is 9.06. The molecule has 0 bridgehead atoms. The lowest BCUT2D eigenvalue weighted by Gasteiger charge is -2.03. The van der Waals surface area contributed by atoms with Crippen LogP contribution in [0.25, 0.3) is 16.8 Å². The Bertz CT molecular complexity index is 757. The van der Waals surface area contributed by atoms with Crippen LogP contribution in [0.3, 0.4) is 0 Å². The van der Waals surface area contributed by atoms with Crippen molar-refractivity contribution in [2.45, 2.75) is 20.8 Å². The van der Waals surface area contributed by atoms with Gasteiger partial charge >= 0.3 is 0 Å². The maximum absolute atomic E-state index is 4.64. The van der Waals surface area contributed by atoms with Gasteiger partial charge in [-0.2, -0.15) is 5.10 Å². The Balaban J connectivity index is 2.34. The third kappa shape index (κ3) is 2.06. The Morgan fingerprint density at radius 3 is 2.42 bits per heavy atom. The lowest BCUT2D eigenvalue weighted by Crippen LogP contribution is -1.97. The Kier molecular flexibility index (Phi) is 2.90. The molecule has 0 radical (unpaired) electrons. The minimum Gasteiger partial charge on any atom is -0.233 e. The monoisotopic (exact) mass is 315 g/mol. The number of rotatable bonds is 1. The van der Waals surface area contributed by atoms with E-state index in [1.165, 1.54) is 0 Å². The summed E-state index contributed by atoms with van der Waals surface area (Å²) >= 11 is 3.46. The van der Waals surface area contributed by atoms with Crippen LogP contribution in [0.4, 0.5) is 0 Å². The number of halogens is 1. The van der Waals surface area contributed by atoms with Gasteiger partial charge in [0.1, 0.15) is 0 Å². The van der Waals surface area contributed by atoms with E-state index in [1.54, 1.807) is 0 Å². The molecule has 3 nitrogen and oxygen atoms in total. The van der Waals surface area contributed by atoms with Crippen LogP contribution < -0.4 is 0 Å². The van der Waals surface area contributed by atoms with Gasteiger partial charge in [0.05, 0.1) is 5.69 Å². The highest BCUT2D eigenvalue weighted by Gasteiger charge is 2.14. The van der Waals surface area contributed by atoms with Crippen LogP contribution in [-0.2, 0) is 0 Å². The highest BCUT2D eigenvalue weighted by molar-refractivity contribution is 9.10. The first-order valence-corrected chi connectivity index (χ1v) is 6.95. The van der Waals surface area contributed by atoms with Gasteiger partial charge in [0, 0.05) is 21.4 Å². The number of fused-ring (bicyclic) bond motifs is 1. The van der Waals surface area contributed by atoms with Crippen LogP contribution in [0.15, 0.2) is 34.8 Å². The second-order valence-corrected chi connectivity index (χ2v) is 5.66. The fourth-order valence-corrected chi connectivity index (χ4v) is 2.65. The van der Waals surface area contributed by atoms with E-state index in [2.05, 4.69) is 45.1 Å². The van der Waals surface area contributed by atoms with Gasteiger partial charge < -0.3 is 0 Å². The molecule has 3 rings (SSSR count). The average Bonchev–Trinajstić information content (AvgIpc) is 2.67. The molecule has 0 aliphatic heterocycles. The van der Waals surface area contributed by atoms with Crippen molar-refractivity contribution in [3.63, 3.8) is 0 Å². The zero-order valence-corrected chi connectivity index (χ0v) is 12.7. The predicted molar refractivity (Wildman–Crippen MR) is 80.3 cm³/mol. The molecular formula is C15H14BrN3. The summed E-state index contributed by atoms with van der Waals surface area (Å²) in [6.45, 7) is 6.10. The van der Waals surface area contributed by atoms with E-state index in [4.69, 9.17) is 0 Å². The molecule has 0 aliphatic rings. The van der Waals surface area contributed by atoms with Gasteiger partial charge in [-0.1, -0.05) is 28.1 Å². The Morgan fingerprint density at radius 2 is 1.74 bits per heavy atom. The summed E-state index contributed by atoms with van der Waals surface area (Å²) in [6, 6.07) is 10.3. The summed E-state index contributed by atoms with van der Waals surface area (Å²) in [5.74, 6) is 0. The van der Waals surface area contributed by atoms with Gasteiger partial charge in [0.25, 0.3) is 0 Å². The van der Waals surface area contributed by atoms with Crippen molar-refractivity contribution >= 4 is 21.6 Å². The summed E-state index contributed by atoms with van der Waals surface area (Å²) in [7, 11) is 0. The standard InChI is InChI=1S/C15H14BrN3/c1-9-8-10(2)19-15(17-9)14(11(3)18-19)12-4-6-13(16)7-5-12/h4-8H,1-3H3. The molecule has 0 aliphatic carbocycles. The van der Waals surface area contributed by atoms with Crippen molar-refractivity contribution in [1.29, 1.82) is 0 Å². The molecule has 96 valence electrons. The maximum Gasteiger partial charge on any atom is 0.163 e. The summed E-state index contributed by atoms with van der Waals surface area (Å²) in [5.41, 5.74) is 6.31. The fraction of sp³-hybridized carbons (Fsp3) is 0.200. The predicted octanol–water partition coefficient (Wildman–Crippen LogP) is 4.08. The highest BCUT2D eigenvalue weighted by atomic mass is 79.9. The number of hydrogen-bond donors (Lipinski definition) is 0. The van der Waals surface area contributed by atoms with E-state index in [-0.39, 0.29) is 0 Å². The van der Waals surface area contributed by atoms with Crippen molar-refractivity contribution in [1.82, 2.24) is 14.6 Å². The smallest absolute Gasteiger partial charge is 0.163 e. The van der Waals surface area contributed by atoms with Crippen LogP contribution in [-0.4, -0.2) is 14.6 Å². The lowest BCUT2D eigenvalue weighted by molar-refractivity contribution is 0.870. The molecule has 0 spiro atoms. The van der Waals surface area contributed by atoms with Crippen molar-refractivity contribution in [3.05, 3.63) is 51.9 Å². The van der Waals surface area contributed by atoms with E-state index in [0.29, 0.717) is 0 Å². The van der Waals surface area contributed by atoms with Gasteiger partial charge in [0.15, 0.2) is 5.65 Å². The maximum atomic E-state index is 4.64. The van der Waals surface area contributed by atoms with E-state index in [9.17, 15) is 0 Å². The number of aromatic nitrogens is 3. The molecular weight excluding hydrogens is 302 g/mol. The van der Waals surface area contributed by atoms with Gasteiger partial charge in [-0.15, -0.1) is 0 Å². The molecule has 0 atom stereocenters. The number of hydrogen-bond acceptors (Lipinski definition) is 2. The van der Waals surface area contributed by atoms with Crippen LogP contribution in [0.2, 0.25) is 0 Å².